The summed E-state index contributed by atoms with van der Waals surface area (Å²) < 4.78 is 5.53. The first-order valence-electron chi connectivity index (χ1n) is 7.29. The fourth-order valence-corrected chi connectivity index (χ4v) is 2.21. The molecule has 0 radical (unpaired) electrons. The normalized spacial score (nSPS) is 10.3. The van der Waals surface area contributed by atoms with Crippen molar-refractivity contribution in [2.24, 2.45) is 0 Å². The van der Waals surface area contributed by atoms with Gasteiger partial charge in [0.15, 0.2) is 6.61 Å². The van der Waals surface area contributed by atoms with Gasteiger partial charge in [0, 0.05) is 5.69 Å². The van der Waals surface area contributed by atoms with E-state index in [0.29, 0.717) is 0 Å². The molecule has 0 spiro atoms. The largest absolute Gasteiger partial charge is 0.483 e. The van der Waals surface area contributed by atoms with Gasteiger partial charge in [-0.3, -0.25) is 4.79 Å². The number of benzene rings is 2. The van der Waals surface area contributed by atoms with Crippen LogP contribution < -0.4 is 10.1 Å². The minimum Gasteiger partial charge on any atom is -0.483 e. The maximum Gasteiger partial charge on any atom is 0.262 e. The van der Waals surface area contributed by atoms with Crippen molar-refractivity contribution in [2.75, 3.05) is 11.9 Å². The van der Waals surface area contributed by atoms with Gasteiger partial charge < -0.3 is 15.0 Å². The number of ether oxygens (including phenoxy) is 1. The van der Waals surface area contributed by atoms with E-state index in [9.17, 15) is 4.79 Å². The van der Waals surface area contributed by atoms with Crippen molar-refractivity contribution in [3.8, 4) is 17.0 Å². The molecule has 23 heavy (non-hydrogen) atoms. The quantitative estimate of drug-likeness (QED) is 0.759. The van der Waals surface area contributed by atoms with Crippen LogP contribution in [0.5, 0.6) is 5.75 Å². The van der Waals surface area contributed by atoms with Gasteiger partial charge in [-0.1, -0.05) is 30.3 Å². The summed E-state index contributed by atoms with van der Waals surface area (Å²) in [7, 11) is 0. The molecule has 1 amide bonds. The molecule has 1 aromatic heterocycles. The Morgan fingerprint density at radius 1 is 1.17 bits per heavy atom. The highest BCUT2D eigenvalue weighted by atomic mass is 16.5. The van der Waals surface area contributed by atoms with Gasteiger partial charge in [-0.15, -0.1) is 0 Å². The number of para-hydroxylation sites is 1. The lowest BCUT2D eigenvalue weighted by molar-refractivity contribution is -0.118. The molecule has 2 aromatic carbocycles. The Hall–Kier alpha value is -3.08. The molecule has 0 aliphatic heterocycles. The minimum atomic E-state index is -0.192. The SMILES string of the molecule is Cc1ccccc1OCC(=O)Nc1ccc(-c2cnc[nH]2)cc1. The third kappa shape index (κ3) is 3.77. The lowest BCUT2D eigenvalue weighted by Gasteiger charge is -2.09. The van der Waals surface area contributed by atoms with Crippen LogP contribution in [-0.2, 0) is 4.79 Å². The van der Waals surface area contributed by atoms with E-state index in [0.717, 1.165) is 28.3 Å². The number of anilines is 1. The molecule has 5 heteroatoms. The first-order valence-corrected chi connectivity index (χ1v) is 7.29. The predicted octanol–water partition coefficient (Wildman–Crippen LogP) is 3.40. The van der Waals surface area contributed by atoms with Crippen LogP contribution in [0.1, 0.15) is 5.56 Å². The van der Waals surface area contributed by atoms with Crippen LogP contribution in [0.3, 0.4) is 0 Å². The molecule has 3 rings (SSSR count). The number of carbonyl (C=O) groups excluding carboxylic acids is 1. The Morgan fingerprint density at radius 2 is 1.96 bits per heavy atom. The monoisotopic (exact) mass is 307 g/mol. The molecule has 1 heterocycles. The van der Waals surface area contributed by atoms with Crippen molar-refractivity contribution in [3.05, 3.63) is 66.6 Å². The van der Waals surface area contributed by atoms with Crippen molar-refractivity contribution in [2.45, 2.75) is 6.92 Å². The number of imidazole rings is 1. The van der Waals surface area contributed by atoms with Crippen LogP contribution >= 0.6 is 0 Å². The van der Waals surface area contributed by atoms with E-state index in [1.54, 1.807) is 12.5 Å². The number of amides is 1. The highest BCUT2D eigenvalue weighted by molar-refractivity contribution is 5.92. The fourth-order valence-electron chi connectivity index (χ4n) is 2.21. The van der Waals surface area contributed by atoms with Crippen molar-refractivity contribution in [1.82, 2.24) is 9.97 Å². The maximum absolute atomic E-state index is 12.0. The summed E-state index contributed by atoms with van der Waals surface area (Å²) in [5.41, 5.74) is 3.68. The van der Waals surface area contributed by atoms with E-state index in [1.165, 1.54) is 0 Å². The van der Waals surface area contributed by atoms with Gasteiger partial charge in [0.05, 0.1) is 18.2 Å². The topological polar surface area (TPSA) is 67.0 Å². The van der Waals surface area contributed by atoms with Gasteiger partial charge >= 0.3 is 0 Å². The highest BCUT2D eigenvalue weighted by Gasteiger charge is 2.06. The summed E-state index contributed by atoms with van der Waals surface area (Å²) in [5, 5.41) is 2.81. The van der Waals surface area contributed by atoms with Gasteiger partial charge in [0.1, 0.15) is 5.75 Å². The van der Waals surface area contributed by atoms with E-state index in [2.05, 4.69) is 15.3 Å². The number of hydrogen-bond donors (Lipinski definition) is 2. The lowest BCUT2D eigenvalue weighted by atomic mass is 10.1. The second kappa shape index (κ2) is 6.79. The Kier molecular flexibility index (Phi) is 4.38. The molecule has 0 aliphatic rings. The zero-order chi connectivity index (χ0) is 16.1. The fraction of sp³-hybridized carbons (Fsp3) is 0.111. The van der Waals surface area contributed by atoms with Gasteiger partial charge in [-0.25, -0.2) is 4.98 Å². The van der Waals surface area contributed by atoms with E-state index in [-0.39, 0.29) is 12.5 Å². The van der Waals surface area contributed by atoms with Crippen LogP contribution in [0, 0.1) is 6.92 Å². The van der Waals surface area contributed by atoms with Crippen LogP contribution in [-0.4, -0.2) is 22.5 Å². The number of aromatic amines is 1. The molecule has 0 fully saturated rings. The Bertz CT molecular complexity index is 780. The molecule has 0 bridgehead atoms. The highest BCUT2D eigenvalue weighted by Crippen LogP contribution is 2.19. The molecule has 0 atom stereocenters. The molecule has 2 N–H and O–H groups in total. The second-order valence-corrected chi connectivity index (χ2v) is 5.14. The third-order valence-electron chi connectivity index (χ3n) is 3.43. The lowest BCUT2D eigenvalue weighted by Crippen LogP contribution is -2.20. The first-order chi connectivity index (χ1) is 11.2. The maximum atomic E-state index is 12.0. The van der Waals surface area contributed by atoms with Crippen LogP contribution in [0.4, 0.5) is 5.69 Å². The number of hydrogen-bond acceptors (Lipinski definition) is 3. The number of nitrogens with zero attached hydrogens (tertiary/aromatic N) is 1. The smallest absolute Gasteiger partial charge is 0.262 e. The van der Waals surface area contributed by atoms with Crippen molar-refractivity contribution in [1.29, 1.82) is 0 Å². The zero-order valence-corrected chi connectivity index (χ0v) is 12.7. The average Bonchev–Trinajstić information content (AvgIpc) is 3.09. The van der Waals surface area contributed by atoms with Gasteiger partial charge in [0.25, 0.3) is 5.91 Å². The van der Waals surface area contributed by atoms with Crippen molar-refractivity contribution >= 4 is 11.6 Å². The van der Waals surface area contributed by atoms with Crippen molar-refractivity contribution in [3.63, 3.8) is 0 Å². The molecule has 0 saturated carbocycles. The Balaban J connectivity index is 1.57. The van der Waals surface area contributed by atoms with E-state index >= 15 is 0 Å². The van der Waals surface area contributed by atoms with E-state index < -0.39 is 0 Å². The number of carbonyl (C=O) groups is 1. The van der Waals surface area contributed by atoms with Gasteiger partial charge in [-0.2, -0.15) is 0 Å². The number of rotatable bonds is 5. The number of nitrogens with one attached hydrogen (secondary N) is 2. The molecule has 0 saturated heterocycles. The molecule has 0 aliphatic carbocycles. The Labute approximate surface area is 134 Å². The summed E-state index contributed by atoms with van der Waals surface area (Å²) in [5.74, 6) is 0.528. The summed E-state index contributed by atoms with van der Waals surface area (Å²) in [6, 6.07) is 15.2. The molecule has 5 nitrogen and oxygen atoms in total. The van der Waals surface area contributed by atoms with E-state index in [4.69, 9.17) is 4.74 Å². The van der Waals surface area contributed by atoms with Crippen LogP contribution in [0.15, 0.2) is 61.1 Å². The minimum absolute atomic E-state index is 0.0207. The average molecular weight is 307 g/mol. The standard InChI is InChI=1S/C18H17N3O2/c1-13-4-2-3-5-17(13)23-11-18(22)21-15-8-6-14(7-9-15)16-10-19-12-20-16/h2-10,12H,11H2,1H3,(H,19,20)(H,21,22). The summed E-state index contributed by atoms with van der Waals surface area (Å²) in [4.78, 5) is 19.0. The number of aryl methyl sites for hydroxylation is 1. The predicted molar refractivity (Wildman–Crippen MR) is 89.3 cm³/mol. The summed E-state index contributed by atoms with van der Waals surface area (Å²) in [6.45, 7) is 1.93. The Morgan fingerprint density at radius 3 is 2.65 bits per heavy atom. The van der Waals surface area contributed by atoms with Crippen LogP contribution in [0.2, 0.25) is 0 Å². The molecule has 3 aromatic rings. The molecular weight excluding hydrogens is 290 g/mol. The van der Waals surface area contributed by atoms with Gasteiger partial charge in [-0.05, 0) is 36.2 Å². The van der Waals surface area contributed by atoms with Gasteiger partial charge in [0.2, 0.25) is 0 Å². The zero-order valence-electron chi connectivity index (χ0n) is 12.7. The third-order valence-corrected chi connectivity index (χ3v) is 3.43. The molecular formula is C18H17N3O2. The van der Waals surface area contributed by atoms with Crippen LogP contribution in [0.25, 0.3) is 11.3 Å². The molecule has 0 unspecified atom stereocenters. The number of H-pyrrole nitrogens is 1. The summed E-state index contributed by atoms with van der Waals surface area (Å²) in [6.07, 6.45) is 3.39. The van der Waals surface area contributed by atoms with Crippen molar-refractivity contribution < 1.29 is 9.53 Å². The first kappa shape index (κ1) is 14.8. The van der Waals surface area contributed by atoms with E-state index in [1.807, 2.05) is 55.5 Å². The number of aromatic nitrogens is 2. The molecule has 116 valence electrons. The summed E-state index contributed by atoms with van der Waals surface area (Å²) >= 11 is 0. The second-order valence-electron chi connectivity index (χ2n) is 5.14.